The fraction of sp³-hybridized carbons (Fsp3) is 0.111. The van der Waals surface area contributed by atoms with E-state index in [1.807, 2.05) is 49.4 Å². The molecule has 0 radical (unpaired) electrons. The summed E-state index contributed by atoms with van der Waals surface area (Å²) in [5.74, 6) is 0. The summed E-state index contributed by atoms with van der Waals surface area (Å²) in [5.41, 5.74) is 4.10. The van der Waals surface area contributed by atoms with Gasteiger partial charge in [-0.3, -0.25) is 9.36 Å². The van der Waals surface area contributed by atoms with E-state index < -0.39 is 0 Å². The van der Waals surface area contributed by atoms with Gasteiger partial charge in [0.25, 0.3) is 5.56 Å². The van der Waals surface area contributed by atoms with E-state index in [9.17, 15) is 4.79 Å². The van der Waals surface area contributed by atoms with E-state index in [2.05, 4.69) is 9.97 Å². The third-order valence-corrected chi connectivity index (χ3v) is 4.39. The molecule has 0 aliphatic rings. The number of H-pyrrole nitrogens is 1. The fourth-order valence-electron chi connectivity index (χ4n) is 2.83. The second-order valence-electron chi connectivity index (χ2n) is 5.67. The van der Waals surface area contributed by atoms with Crippen LogP contribution in [-0.4, -0.2) is 14.5 Å². The first kappa shape index (κ1) is 14.0. The Balaban J connectivity index is 1.90. The molecule has 2 aromatic heterocycles. The molecule has 0 bridgehead atoms. The zero-order valence-electron chi connectivity index (χ0n) is 12.5. The quantitative estimate of drug-likeness (QED) is 0.608. The van der Waals surface area contributed by atoms with Crippen LogP contribution in [0.25, 0.3) is 21.9 Å². The first-order valence-corrected chi connectivity index (χ1v) is 7.72. The summed E-state index contributed by atoms with van der Waals surface area (Å²) >= 11 is 6.18. The van der Waals surface area contributed by atoms with Gasteiger partial charge in [0, 0.05) is 15.9 Å². The molecule has 4 nitrogen and oxygen atoms in total. The van der Waals surface area contributed by atoms with Crippen molar-refractivity contribution in [1.29, 1.82) is 0 Å². The Morgan fingerprint density at radius 1 is 1.22 bits per heavy atom. The Kier molecular flexibility index (Phi) is 3.20. The molecule has 2 aromatic carbocycles. The van der Waals surface area contributed by atoms with Gasteiger partial charge < -0.3 is 4.98 Å². The van der Waals surface area contributed by atoms with Crippen molar-refractivity contribution >= 4 is 33.5 Å². The van der Waals surface area contributed by atoms with Crippen LogP contribution >= 0.6 is 11.6 Å². The molecule has 0 aliphatic carbocycles. The van der Waals surface area contributed by atoms with Gasteiger partial charge in [0.15, 0.2) is 0 Å². The molecule has 4 aromatic rings. The van der Waals surface area contributed by atoms with Gasteiger partial charge in [-0.1, -0.05) is 41.4 Å². The Morgan fingerprint density at radius 2 is 2.04 bits per heavy atom. The summed E-state index contributed by atoms with van der Waals surface area (Å²) in [4.78, 5) is 20.4. The van der Waals surface area contributed by atoms with E-state index in [4.69, 9.17) is 11.6 Å². The summed E-state index contributed by atoms with van der Waals surface area (Å²) in [6, 6.07) is 13.5. The van der Waals surface area contributed by atoms with Crippen LogP contribution in [0.4, 0.5) is 0 Å². The van der Waals surface area contributed by atoms with Gasteiger partial charge in [-0.2, -0.15) is 0 Å². The predicted octanol–water partition coefficient (Wildman–Crippen LogP) is 3.89. The monoisotopic (exact) mass is 323 g/mol. The van der Waals surface area contributed by atoms with Crippen LogP contribution in [0, 0.1) is 6.92 Å². The number of nitrogens with one attached hydrogen (secondary N) is 1. The second-order valence-corrected chi connectivity index (χ2v) is 6.07. The van der Waals surface area contributed by atoms with Crippen molar-refractivity contribution in [3.8, 4) is 0 Å². The number of nitrogens with zero attached hydrogens (tertiary/aromatic N) is 2. The molecule has 4 rings (SSSR count). The average Bonchev–Trinajstić information content (AvgIpc) is 2.91. The summed E-state index contributed by atoms with van der Waals surface area (Å²) in [7, 11) is 0. The molecule has 0 atom stereocenters. The van der Waals surface area contributed by atoms with Crippen molar-refractivity contribution in [1.82, 2.24) is 14.5 Å². The molecular formula is C18H14ClN3O. The van der Waals surface area contributed by atoms with E-state index in [0.29, 0.717) is 22.6 Å². The maximum atomic E-state index is 12.7. The normalized spacial score (nSPS) is 11.4. The highest BCUT2D eigenvalue weighted by molar-refractivity contribution is 6.31. The minimum atomic E-state index is -0.0937. The smallest absolute Gasteiger partial charge is 0.277 e. The molecule has 0 fully saturated rings. The summed E-state index contributed by atoms with van der Waals surface area (Å²) < 4.78 is 1.58. The van der Waals surface area contributed by atoms with Crippen LogP contribution < -0.4 is 5.56 Å². The Morgan fingerprint density at radius 3 is 2.87 bits per heavy atom. The molecule has 0 aliphatic heterocycles. The van der Waals surface area contributed by atoms with Gasteiger partial charge in [-0.15, -0.1) is 0 Å². The number of aryl methyl sites for hydroxylation is 1. The summed E-state index contributed by atoms with van der Waals surface area (Å²) in [5, 5.41) is 1.62. The molecular weight excluding hydrogens is 310 g/mol. The molecule has 5 heteroatoms. The second kappa shape index (κ2) is 5.25. The van der Waals surface area contributed by atoms with Crippen LogP contribution in [0.5, 0.6) is 0 Å². The first-order chi connectivity index (χ1) is 11.1. The maximum Gasteiger partial charge on any atom is 0.277 e. The topological polar surface area (TPSA) is 50.7 Å². The van der Waals surface area contributed by atoms with Crippen LogP contribution in [-0.2, 0) is 6.54 Å². The zero-order valence-corrected chi connectivity index (χ0v) is 13.3. The van der Waals surface area contributed by atoms with Gasteiger partial charge in [0.05, 0.1) is 12.9 Å². The van der Waals surface area contributed by atoms with Crippen molar-refractivity contribution < 1.29 is 0 Å². The third-order valence-electron chi connectivity index (χ3n) is 4.03. The minimum Gasteiger partial charge on any atom is -0.349 e. The summed E-state index contributed by atoms with van der Waals surface area (Å²) in [6.45, 7) is 2.42. The number of fused-ring (bicyclic) bond motifs is 3. The lowest BCUT2D eigenvalue weighted by atomic mass is 10.1. The lowest BCUT2D eigenvalue weighted by Gasteiger charge is -2.07. The Labute approximate surface area is 137 Å². The van der Waals surface area contributed by atoms with Gasteiger partial charge >= 0.3 is 0 Å². The number of hydrogen-bond donors (Lipinski definition) is 1. The van der Waals surface area contributed by atoms with Crippen molar-refractivity contribution in [3.63, 3.8) is 0 Å². The molecule has 0 saturated heterocycles. The number of benzene rings is 2. The largest absolute Gasteiger partial charge is 0.349 e. The van der Waals surface area contributed by atoms with Crippen molar-refractivity contribution in [2.75, 3.05) is 0 Å². The van der Waals surface area contributed by atoms with E-state index in [1.54, 1.807) is 10.9 Å². The maximum absolute atomic E-state index is 12.7. The van der Waals surface area contributed by atoms with E-state index in [-0.39, 0.29) is 5.56 Å². The Hall–Kier alpha value is -2.59. The predicted molar refractivity (Wildman–Crippen MR) is 93.2 cm³/mol. The van der Waals surface area contributed by atoms with E-state index in [1.165, 1.54) is 0 Å². The summed E-state index contributed by atoms with van der Waals surface area (Å²) in [6.07, 6.45) is 1.59. The molecule has 23 heavy (non-hydrogen) atoms. The molecule has 0 unspecified atom stereocenters. The average molecular weight is 324 g/mol. The highest BCUT2D eigenvalue weighted by atomic mass is 35.5. The van der Waals surface area contributed by atoms with E-state index in [0.717, 1.165) is 22.0 Å². The van der Waals surface area contributed by atoms with Gasteiger partial charge in [-0.05, 0) is 30.7 Å². The van der Waals surface area contributed by atoms with Crippen LogP contribution in [0.1, 0.15) is 11.1 Å². The number of aromatic amines is 1. The minimum absolute atomic E-state index is 0.0937. The molecule has 0 saturated carbocycles. The number of rotatable bonds is 2. The molecule has 1 N–H and O–H groups in total. The van der Waals surface area contributed by atoms with Crippen molar-refractivity contribution in [3.05, 3.63) is 75.3 Å². The van der Waals surface area contributed by atoms with Crippen molar-refractivity contribution in [2.45, 2.75) is 13.5 Å². The van der Waals surface area contributed by atoms with Gasteiger partial charge in [0.1, 0.15) is 11.0 Å². The highest BCUT2D eigenvalue weighted by Gasteiger charge is 2.11. The van der Waals surface area contributed by atoms with Crippen molar-refractivity contribution in [2.24, 2.45) is 0 Å². The fourth-order valence-corrected chi connectivity index (χ4v) is 3.02. The van der Waals surface area contributed by atoms with E-state index >= 15 is 0 Å². The Bertz CT molecular complexity index is 1090. The lowest BCUT2D eigenvalue weighted by molar-refractivity contribution is 0.747. The molecule has 2 heterocycles. The number of halogens is 1. The van der Waals surface area contributed by atoms with Crippen LogP contribution in [0.3, 0.4) is 0 Å². The number of hydrogen-bond acceptors (Lipinski definition) is 2. The first-order valence-electron chi connectivity index (χ1n) is 7.34. The number of aromatic nitrogens is 3. The van der Waals surface area contributed by atoms with Crippen LogP contribution in [0.2, 0.25) is 5.02 Å². The lowest BCUT2D eigenvalue weighted by Crippen LogP contribution is -2.21. The zero-order chi connectivity index (χ0) is 16.0. The van der Waals surface area contributed by atoms with Crippen LogP contribution in [0.15, 0.2) is 53.6 Å². The third kappa shape index (κ3) is 2.32. The molecule has 0 spiro atoms. The molecule has 114 valence electrons. The SMILES string of the molecule is Cc1ccc2[nH]c3c(=O)n(Cc4ccccc4Cl)cnc3c2c1. The molecule has 0 amide bonds. The standard InChI is InChI=1S/C18H14ClN3O/c1-11-6-7-15-13(8-11)16-17(21-15)18(23)22(10-20-16)9-12-4-2-3-5-14(12)19/h2-8,10,21H,9H2,1H3. The van der Waals surface area contributed by atoms with Gasteiger partial charge in [-0.25, -0.2) is 4.98 Å². The highest BCUT2D eigenvalue weighted by Crippen LogP contribution is 2.22. The van der Waals surface area contributed by atoms with Gasteiger partial charge in [0.2, 0.25) is 0 Å².